The first kappa shape index (κ1) is 18.3. The summed E-state index contributed by atoms with van der Waals surface area (Å²) < 4.78 is 29.2. The predicted octanol–water partition coefficient (Wildman–Crippen LogP) is 2.93. The number of hydrazine groups is 1. The molecule has 1 aliphatic heterocycles. The largest absolute Gasteiger partial charge is 0.435 e. The molecule has 26 heavy (non-hydrogen) atoms. The summed E-state index contributed by atoms with van der Waals surface area (Å²) in [4.78, 5) is 12.7. The highest BCUT2D eigenvalue weighted by Gasteiger charge is 2.34. The van der Waals surface area contributed by atoms with Gasteiger partial charge in [-0.3, -0.25) is 10.2 Å². The summed E-state index contributed by atoms with van der Waals surface area (Å²) in [6.07, 6.45) is 0. The van der Waals surface area contributed by atoms with Crippen LogP contribution < -0.4 is 20.9 Å². The van der Waals surface area contributed by atoms with Crippen LogP contribution in [0.1, 0.15) is 30.1 Å². The first-order valence-electron chi connectivity index (χ1n) is 8.43. The Kier molecular flexibility index (Phi) is 5.80. The molecule has 2 aromatic rings. The van der Waals surface area contributed by atoms with Crippen molar-refractivity contribution in [2.24, 2.45) is 5.92 Å². The summed E-state index contributed by atoms with van der Waals surface area (Å²) in [5, 5.41) is 2.96. The van der Waals surface area contributed by atoms with Gasteiger partial charge in [-0.15, -0.1) is 0 Å². The number of rotatable bonds is 6. The fourth-order valence-electron chi connectivity index (χ4n) is 3.08. The fourth-order valence-corrected chi connectivity index (χ4v) is 3.08. The number of alkyl halides is 2. The maximum Gasteiger partial charge on any atom is 0.387 e. The number of carbonyl (C=O) groups excluding carboxylic acids is 1. The van der Waals surface area contributed by atoms with Crippen molar-refractivity contribution in [3.63, 3.8) is 0 Å². The number of ether oxygens (including phenoxy) is 1. The number of carbonyl (C=O) groups is 1. The van der Waals surface area contributed by atoms with Gasteiger partial charge in [0.05, 0.1) is 18.0 Å². The minimum Gasteiger partial charge on any atom is -0.435 e. The van der Waals surface area contributed by atoms with Gasteiger partial charge in [0.1, 0.15) is 5.75 Å². The van der Waals surface area contributed by atoms with Crippen molar-refractivity contribution in [1.29, 1.82) is 0 Å². The molecule has 7 heteroatoms. The quantitative estimate of drug-likeness (QED) is 0.740. The summed E-state index contributed by atoms with van der Waals surface area (Å²) in [6.45, 7) is -0.559. The molecule has 0 aromatic heterocycles. The van der Waals surface area contributed by atoms with Crippen molar-refractivity contribution in [2.45, 2.75) is 25.6 Å². The van der Waals surface area contributed by atoms with E-state index >= 15 is 0 Å². The molecule has 1 saturated heterocycles. The molecule has 0 saturated carbocycles. The van der Waals surface area contributed by atoms with Crippen LogP contribution in [0, 0.1) is 5.92 Å². The van der Waals surface area contributed by atoms with Gasteiger partial charge in [0.25, 0.3) is 0 Å². The SMILES string of the molecule is CC(NC(=O)C1CNNC1c1ccccc1)c1cccc(OC(F)F)c1. The number of amides is 1. The van der Waals surface area contributed by atoms with Gasteiger partial charge in [0.15, 0.2) is 0 Å². The molecular weight excluding hydrogens is 340 g/mol. The van der Waals surface area contributed by atoms with Gasteiger partial charge >= 0.3 is 6.61 Å². The molecule has 138 valence electrons. The molecule has 3 N–H and O–H groups in total. The van der Waals surface area contributed by atoms with Gasteiger partial charge in [-0.1, -0.05) is 42.5 Å². The lowest BCUT2D eigenvalue weighted by Gasteiger charge is -2.21. The second-order valence-electron chi connectivity index (χ2n) is 6.20. The lowest BCUT2D eigenvalue weighted by Crippen LogP contribution is -2.36. The van der Waals surface area contributed by atoms with Gasteiger partial charge in [-0.25, -0.2) is 5.43 Å². The normalized spacial score (nSPS) is 20.8. The maximum absolute atomic E-state index is 12.7. The number of benzene rings is 2. The van der Waals surface area contributed by atoms with Crippen LogP contribution >= 0.6 is 0 Å². The molecule has 1 heterocycles. The predicted molar refractivity (Wildman–Crippen MR) is 93.4 cm³/mol. The molecule has 3 atom stereocenters. The second kappa shape index (κ2) is 8.25. The standard InChI is InChI=1S/C19H21F2N3O2/c1-12(14-8-5-9-15(10-14)26-19(20)21)23-18(25)16-11-22-24-17(16)13-6-3-2-4-7-13/h2-10,12,16-17,19,22,24H,11H2,1H3,(H,23,25). The van der Waals surface area contributed by atoms with Crippen LogP contribution in [-0.2, 0) is 4.79 Å². The van der Waals surface area contributed by atoms with E-state index in [9.17, 15) is 13.6 Å². The number of hydrogen-bond donors (Lipinski definition) is 3. The van der Waals surface area contributed by atoms with E-state index in [0.29, 0.717) is 12.1 Å². The molecule has 3 unspecified atom stereocenters. The van der Waals surface area contributed by atoms with E-state index in [1.807, 2.05) is 37.3 Å². The van der Waals surface area contributed by atoms with Crippen molar-refractivity contribution in [3.05, 3.63) is 65.7 Å². The Morgan fingerprint density at radius 1 is 1.19 bits per heavy atom. The second-order valence-corrected chi connectivity index (χ2v) is 6.20. The van der Waals surface area contributed by atoms with Crippen LogP contribution in [0.4, 0.5) is 8.78 Å². The number of nitrogens with one attached hydrogen (secondary N) is 3. The van der Waals surface area contributed by atoms with Crippen molar-refractivity contribution in [3.8, 4) is 5.75 Å². The van der Waals surface area contributed by atoms with Crippen LogP contribution in [0.2, 0.25) is 0 Å². The molecule has 3 rings (SSSR count). The van der Waals surface area contributed by atoms with E-state index < -0.39 is 6.61 Å². The van der Waals surface area contributed by atoms with Gasteiger partial charge in [-0.2, -0.15) is 8.78 Å². The van der Waals surface area contributed by atoms with E-state index in [-0.39, 0.29) is 29.7 Å². The van der Waals surface area contributed by atoms with Gasteiger partial charge in [0.2, 0.25) is 5.91 Å². The highest BCUT2D eigenvalue weighted by atomic mass is 19.3. The van der Waals surface area contributed by atoms with Gasteiger partial charge in [-0.05, 0) is 30.2 Å². The summed E-state index contributed by atoms with van der Waals surface area (Å²) in [6, 6.07) is 15.6. The Labute approximate surface area is 150 Å². The summed E-state index contributed by atoms with van der Waals surface area (Å²) in [5.74, 6) is -0.311. The Morgan fingerprint density at radius 3 is 2.69 bits per heavy atom. The zero-order chi connectivity index (χ0) is 18.5. The minimum absolute atomic E-state index is 0.0740. The highest BCUT2D eigenvalue weighted by molar-refractivity contribution is 5.80. The smallest absolute Gasteiger partial charge is 0.387 e. The fraction of sp³-hybridized carbons (Fsp3) is 0.316. The number of halogens is 2. The van der Waals surface area contributed by atoms with Gasteiger partial charge in [0, 0.05) is 6.54 Å². The molecule has 1 aliphatic rings. The van der Waals surface area contributed by atoms with E-state index in [4.69, 9.17) is 0 Å². The van der Waals surface area contributed by atoms with Crippen molar-refractivity contribution in [1.82, 2.24) is 16.2 Å². The first-order chi connectivity index (χ1) is 12.5. The molecule has 5 nitrogen and oxygen atoms in total. The molecular formula is C19H21F2N3O2. The third-order valence-electron chi connectivity index (χ3n) is 4.42. The average Bonchev–Trinajstić information content (AvgIpc) is 3.12. The Balaban J connectivity index is 1.67. The molecule has 0 spiro atoms. The zero-order valence-corrected chi connectivity index (χ0v) is 14.3. The highest BCUT2D eigenvalue weighted by Crippen LogP contribution is 2.26. The molecule has 0 bridgehead atoms. The summed E-state index contributed by atoms with van der Waals surface area (Å²) in [5.41, 5.74) is 7.89. The summed E-state index contributed by atoms with van der Waals surface area (Å²) >= 11 is 0. The van der Waals surface area contributed by atoms with Crippen molar-refractivity contribution >= 4 is 5.91 Å². The Hall–Kier alpha value is -2.51. The lowest BCUT2D eigenvalue weighted by atomic mass is 9.93. The Bertz CT molecular complexity index is 743. The maximum atomic E-state index is 12.7. The molecule has 2 aromatic carbocycles. The van der Waals surface area contributed by atoms with E-state index in [0.717, 1.165) is 5.56 Å². The lowest BCUT2D eigenvalue weighted by molar-refractivity contribution is -0.125. The monoisotopic (exact) mass is 361 g/mol. The van der Waals surface area contributed by atoms with Crippen molar-refractivity contribution in [2.75, 3.05) is 6.54 Å². The zero-order valence-electron chi connectivity index (χ0n) is 14.3. The van der Waals surface area contributed by atoms with Crippen molar-refractivity contribution < 1.29 is 18.3 Å². The topological polar surface area (TPSA) is 62.4 Å². The van der Waals surface area contributed by atoms with Gasteiger partial charge < -0.3 is 10.1 Å². The third kappa shape index (κ3) is 4.36. The minimum atomic E-state index is -2.88. The number of hydrogen-bond acceptors (Lipinski definition) is 4. The average molecular weight is 361 g/mol. The van der Waals surface area contributed by atoms with Crippen LogP contribution in [0.5, 0.6) is 5.75 Å². The summed E-state index contributed by atoms with van der Waals surface area (Å²) in [7, 11) is 0. The molecule has 1 fully saturated rings. The Morgan fingerprint density at radius 2 is 1.96 bits per heavy atom. The van der Waals surface area contributed by atoms with Crippen LogP contribution in [0.3, 0.4) is 0 Å². The van der Waals surface area contributed by atoms with Crippen LogP contribution in [0.15, 0.2) is 54.6 Å². The first-order valence-corrected chi connectivity index (χ1v) is 8.43. The van der Waals surface area contributed by atoms with E-state index in [1.54, 1.807) is 12.1 Å². The van der Waals surface area contributed by atoms with Crippen LogP contribution in [-0.4, -0.2) is 19.1 Å². The van der Waals surface area contributed by atoms with Crippen LogP contribution in [0.25, 0.3) is 0 Å². The third-order valence-corrected chi connectivity index (χ3v) is 4.42. The van der Waals surface area contributed by atoms with E-state index in [2.05, 4.69) is 20.9 Å². The molecule has 1 amide bonds. The molecule has 0 radical (unpaired) electrons. The van der Waals surface area contributed by atoms with E-state index in [1.165, 1.54) is 12.1 Å². The molecule has 0 aliphatic carbocycles.